The molecule has 0 saturated carbocycles. The van der Waals surface area contributed by atoms with E-state index in [1.165, 1.54) is 0 Å². The SMILES string of the molecule is CCn1nc(Br)c2cnccc21. The van der Waals surface area contributed by atoms with E-state index in [4.69, 9.17) is 0 Å². The number of pyridine rings is 1. The summed E-state index contributed by atoms with van der Waals surface area (Å²) in [6.07, 6.45) is 3.60. The Morgan fingerprint density at radius 2 is 2.42 bits per heavy atom. The van der Waals surface area contributed by atoms with Crippen LogP contribution in [0.5, 0.6) is 0 Å². The molecule has 2 heterocycles. The molecule has 4 heteroatoms. The summed E-state index contributed by atoms with van der Waals surface area (Å²) < 4.78 is 2.81. The van der Waals surface area contributed by atoms with Crippen molar-refractivity contribution in [3.63, 3.8) is 0 Å². The standard InChI is InChI=1S/C8H8BrN3/c1-2-12-7-3-4-10-5-6(7)8(9)11-12/h3-5H,2H2,1H3. The average molecular weight is 226 g/mol. The number of hydrogen-bond acceptors (Lipinski definition) is 2. The summed E-state index contributed by atoms with van der Waals surface area (Å²) in [5.74, 6) is 0. The molecule has 3 nitrogen and oxygen atoms in total. The molecule has 0 amide bonds. The smallest absolute Gasteiger partial charge is 0.137 e. The van der Waals surface area contributed by atoms with E-state index in [-0.39, 0.29) is 0 Å². The van der Waals surface area contributed by atoms with Crippen LogP contribution in [0, 0.1) is 0 Å². The molecule has 2 rings (SSSR count). The number of hydrogen-bond donors (Lipinski definition) is 0. The van der Waals surface area contributed by atoms with Crippen LogP contribution >= 0.6 is 15.9 Å². The van der Waals surface area contributed by atoms with Crippen molar-refractivity contribution in [2.45, 2.75) is 13.5 Å². The van der Waals surface area contributed by atoms with Crippen LogP contribution in [0.1, 0.15) is 6.92 Å². The molecule has 12 heavy (non-hydrogen) atoms. The molecule has 0 bridgehead atoms. The zero-order chi connectivity index (χ0) is 8.55. The molecule has 0 saturated heterocycles. The highest BCUT2D eigenvalue weighted by molar-refractivity contribution is 9.10. The number of nitrogens with zero attached hydrogens (tertiary/aromatic N) is 3. The minimum Gasteiger partial charge on any atom is -0.264 e. The highest BCUT2D eigenvalue weighted by atomic mass is 79.9. The highest BCUT2D eigenvalue weighted by Crippen LogP contribution is 2.21. The number of rotatable bonds is 1. The van der Waals surface area contributed by atoms with Crippen molar-refractivity contribution in [2.24, 2.45) is 0 Å². The van der Waals surface area contributed by atoms with Gasteiger partial charge in [0, 0.05) is 18.9 Å². The lowest BCUT2D eigenvalue weighted by molar-refractivity contribution is 0.678. The van der Waals surface area contributed by atoms with Crippen molar-refractivity contribution in [1.29, 1.82) is 0 Å². The molecule has 0 unspecified atom stereocenters. The first-order valence-corrected chi connectivity index (χ1v) is 4.58. The van der Waals surface area contributed by atoms with Gasteiger partial charge in [-0.1, -0.05) is 0 Å². The monoisotopic (exact) mass is 225 g/mol. The van der Waals surface area contributed by atoms with Gasteiger partial charge >= 0.3 is 0 Å². The minimum atomic E-state index is 0.868. The molecule has 0 aliphatic heterocycles. The van der Waals surface area contributed by atoms with Gasteiger partial charge in [0.2, 0.25) is 0 Å². The Balaban J connectivity index is 2.82. The summed E-state index contributed by atoms with van der Waals surface area (Å²) in [5, 5.41) is 5.37. The van der Waals surface area contributed by atoms with Crippen molar-refractivity contribution >= 4 is 26.8 Å². The quantitative estimate of drug-likeness (QED) is 0.746. The predicted molar refractivity (Wildman–Crippen MR) is 50.9 cm³/mol. The Bertz CT molecular complexity index is 408. The lowest BCUT2D eigenvalue weighted by Gasteiger charge is -1.95. The first-order chi connectivity index (χ1) is 5.83. The maximum atomic E-state index is 4.30. The Morgan fingerprint density at radius 3 is 3.17 bits per heavy atom. The maximum absolute atomic E-state index is 4.30. The third kappa shape index (κ3) is 1.03. The molecule has 0 spiro atoms. The molecule has 2 aromatic heterocycles. The van der Waals surface area contributed by atoms with Gasteiger partial charge in [-0.2, -0.15) is 5.10 Å². The summed E-state index contributed by atoms with van der Waals surface area (Å²) in [6.45, 7) is 2.95. The normalized spacial score (nSPS) is 10.8. The second kappa shape index (κ2) is 2.86. The Hall–Kier alpha value is -0.900. The largest absolute Gasteiger partial charge is 0.264 e. The molecular weight excluding hydrogens is 218 g/mol. The Labute approximate surface area is 78.5 Å². The molecular formula is C8H8BrN3. The van der Waals surface area contributed by atoms with Crippen LogP contribution in [0.15, 0.2) is 23.1 Å². The van der Waals surface area contributed by atoms with Gasteiger partial charge in [-0.25, -0.2) is 0 Å². The van der Waals surface area contributed by atoms with Crippen molar-refractivity contribution in [2.75, 3.05) is 0 Å². The van der Waals surface area contributed by atoms with Crippen LogP contribution in [-0.2, 0) is 6.54 Å². The van der Waals surface area contributed by atoms with Crippen LogP contribution < -0.4 is 0 Å². The molecule has 62 valence electrons. The Morgan fingerprint density at radius 1 is 1.58 bits per heavy atom. The van der Waals surface area contributed by atoms with Gasteiger partial charge in [0.15, 0.2) is 0 Å². The van der Waals surface area contributed by atoms with E-state index in [9.17, 15) is 0 Å². The van der Waals surface area contributed by atoms with Gasteiger partial charge in [0.05, 0.1) is 10.9 Å². The fourth-order valence-electron chi connectivity index (χ4n) is 1.23. The molecule has 0 atom stereocenters. The van der Waals surface area contributed by atoms with E-state index < -0.39 is 0 Å². The predicted octanol–water partition coefficient (Wildman–Crippen LogP) is 2.21. The first-order valence-electron chi connectivity index (χ1n) is 3.79. The highest BCUT2D eigenvalue weighted by Gasteiger charge is 2.05. The van der Waals surface area contributed by atoms with Gasteiger partial charge in [0.25, 0.3) is 0 Å². The number of aromatic nitrogens is 3. The molecule has 0 fully saturated rings. The summed E-state index contributed by atoms with van der Waals surface area (Å²) in [5.41, 5.74) is 1.12. The minimum absolute atomic E-state index is 0.868. The summed E-state index contributed by atoms with van der Waals surface area (Å²) >= 11 is 3.39. The average Bonchev–Trinajstić information content (AvgIpc) is 2.44. The van der Waals surface area contributed by atoms with Gasteiger partial charge < -0.3 is 0 Å². The van der Waals surface area contributed by atoms with E-state index in [1.54, 1.807) is 6.20 Å². The molecule has 0 aromatic carbocycles. The van der Waals surface area contributed by atoms with Crippen molar-refractivity contribution in [1.82, 2.24) is 14.8 Å². The lowest BCUT2D eigenvalue weighted by atomic mass is 10.3. The van der Waals surface area contributed by atoms with Crippen LogP contribution in [0.4, 0.5) is 0 Å². The first kappa shape index (κ1) is 7.73. The molecule has 0 aliphatic carbocycles. The second-order valence-corrected chi connectivity index (χ2v) is 3.25. The fraction of sp³-hybridized carbons (Fsp3) is 0.250. The zero-order valence-electron chi connectivity index (χ0n) is 6.66. The van der Waals surface area contributed by atoms with Crippen LogP contribution in [0.25, 0.3) is 10.9 Å². The van der Waals surface area contributed by atoms with Crippen LogP contribution in [0.2, 0.25) is 0 Å². The van der Waals surface area contributed by atoms with Gasteiger partial charge in [-0.15, -0.1) is 0 Å². The number of fused-ring (bicyclic) bond motifs is 1. The Kier molecular flexibility index (Phi) is 1.84. The third-order valence-corrected chi connectivity index (χ3v) is 2.39. The van der Waals surface area contributed by atoms with Crippen molar-refractivity contribution < 1.29 is 0 Å². The van der Waals surface area contributed by atoms with Gasteiger partial charge in [-0.3, -0.25) is 9.67 Å². The molecule has 0 N–H and O–H groups in total. The van der Waals surface area contributed by atoms with E-state index in [0.29, 0.717) is 0 Å². The van der Waals surface area contributed by atoms with Gasteiger partial charge in [0.1, 0.15) is 4.60 Å². The molecule has 0 aliphatic rings. The topological polar surface area (TPSA) is 30.7 Å². The molecule has 2 aromatic rings. The van der Waals surface area contributed by atoms with E-state index in [2.05, 4.69) is 32.9 Å². The third-order valence-electron chi connectivity index (χ3n) is 1.81. The summed E-state index contributed by atoms with van der Waals surface area (Å²) in [6, 6.07) is 1.97. The van der Waals surface area contributed by atoms with E-state index in [1.807, 2.05) is 16.9 Å². The van der Waals surface area contributed by atoms with E-state index in [0.717, 1.165) is 22.1 Å². The summed E-state index contributed by atoms with van der Waals surface area (Å²) in [7, 11) is 0. The lowest BCUT2D eigenvalue weighted by Crippen LogP contribution is -1.94. The fourth-order valence-corrected chi connectivity index (χ4v) is 1.72. The number of aryl methyl sites for hydroxylation is 1. The maximum Gasteiger partial charge on any atom is 0.137 e. The number of halogens is 1. The summed E-state index contributed by atoms with van der Waals surface area (Å²) in [4.78, 5) is 4.04. The van der Waals surface area contributed by atoms with Crippen molar-refractivity contribution in [3.8, 4) is 0 Å². The van der Waals surface area contributed by atoms with E-state index >= 15 is 0 Å². The van der Waals surface area contributed by atoms with Crippen LogP contribution in [0.3, 0.4) is 0 Å². The van der Waals surface area contributed by atoms with Crippen LogP contribution in [-0.4, -0.2) is 14.8 Å². The molecule has 0 radical (unpaired) electrons. The van der Waals surface area contributed by atoms with Gasteiger partial charge in [-0.05, 0) is 28.9 Å². The zero-order valence-corrected chi connectivity index (χ0v) is 8.24. The second-order valence-electron chi connectivity index (χ2n) is 2.50. The van der Waals surface area contributed by atoms with Crippen molar-refractivity contribution in [3.05, 3.63) is 23.1 Å².